The van der Waals surface area contributed by atoms with E-state index in [2.05, 4.69) is 25.3 Å². The molecule has 1 amide bonds. The maximum absolute atomic E-state index is 13.1. The molecule has 2 rings (SSSR count). The van der Waals surface area contributed by atoms with Gasteiger partial charge in [0.05, 0.1) is 17.9 Å². The fourth-order valence-electron chi connectivity index (χ4n) is 1.90. The summed E-state index contributed by atoms with van der Waals surface area (Å²) in [6.45, 7) is 3.74. The molecule has 27 heavy (non-hydrogen) atoms. The highest BCUT2D eigenvalue weighted by atomic mass is 19.4. The quantitative estimate of drug-likeness (QED) is 0.809. The van der Waals surface area contributed by atoms with Gasteiger partial charge in [0, 0.05) is 18.0 Å². The number of carbonyl (C=O) groups is 1. The van der Waals surface area contributed by atoms with Gasteiger partial charge < -0.3 is 10.1 Å². The Labute approximate surface area is 152 Å². The van der Waals surface area contributed by atoms with Gasteiger partial charge in [0.1, 0.15) is 12.3 Å². The smallest absolute Gasteiger partial charge is 0.444 e. The molecule has 2 heterocycles. The number of ether oxygens (including phenoxy) is 1. The van der Waals surface area contributed by atoms with Crippen LogP contribution >= 0.6 is 0 Å². The number of nitrogens with zero attached hydrogens (tertiary/aromatic N) is 4. The third-order valence-corrected chi connectivity index (χ3v) is 2.97. The van der Waals surface area contributed by atoms with Crippen molar-refractivity contribution in [2.45, 2.75) is 45.8 Å². The van der Waals surface area contributed by atoms with E-state index in [1.54, 1.807) is 20.8 Å². The van der Waals surface area contributed by atoms with E-state index < -0.39 is 30.4 Å². The Kier molecular flexibility index (Phi) is 5.91. The van der Waals surface area contributed by atoms with Gasteiger partial charge in [-0.05, 0) is 26.8 Å². The van der Waals surface area contributed by atoms with Crippen LogP contribution in [-0.2, 0) is 24.1 Å². The van der Waals surface area contributed by atoms with E-state index in [9.17, 15) is 22.4 Å². The third kappa shape index (κ3) is 6.12. The van der Waals surface area contributed by atoms with Crippen LogP contribution in [0.2, 0.25) is 0 Å². The number of hydrogen-bond acceptors (Lipinski definition) is 6. The second-order valence-corrected chi connectivity index (χ2v) is 6.44. The number of alkyl halides is 4. The van der Waals surface area contributed by atoms with E-state index in [1.165, 1.54) is 6.07 Å². The van der Waals surface area contributed by atoms with Crippen LogP contribution in [-0.4, -0.2) is 31.6 Å². The van der Waals surface area contributed by atoms with Gasteiger partial charge in [-0.15, -0.1) is 0 Å². The molecule has 0 spiro atoms. The molecule has 0 saturated carbocycles. The van der Waals surface area contributed by atoms with Crippen LogP contribution in [0.1, 0.15) is 38.1 Å². The Hall–Kier alpha value is -2.85. The van der Waals surface area contributed by atoms with Crippen LogP contribution in [0.4, 0.5) is 22.4 Å². The Morgan fingerprint density at radius 1 is 1.15 bits per heavy atom. The van der Waals surface area contributed by atoms with Crippen molar-refractivity contribution in [2.75, 3.05) is 0 Å². The normalized spacial score (nSPS) is 12.0. The first-order valence-electron chi connectivity index (χ1n) is 7.77. The predicted molar refractivity (Wildman–Crippen MR) is 85.9 cm³/mol. The van der Waals surface area contributed by atoms with Crippen molar-refractivity contribution in [1.82, 2.24) is 25.3 Å². The van der Waals surface area contributed by atoms with Crippen molar-refractivity contribution in [3.63, 3.8) is 0 Å². The lowest BCUT2D eigenvalue weighted by Crippen LogP contribution is -2.32. The van der Waals surface area contributed by atoms with Crippen LogP contribution in [0, 0.1) is 0 Å². The molecule has 0 aliphatic carbocycles. The molecule has 2 aromatic heterocycles. The van der Waals surface area contributed by atoms with Gasteiger partial charge in [-0.3, -0.25) is 0 Å². The fourth-order valence-corrected chi connectivity index (χ4v) is 1.90. The SMILES string of the molecule is CC(C)(C)OC(=O)NCc1cc(-c2cnc(CF)nc2)nc(C(F)(F)F)n1. The topological polar surface area (TPSA) is 89.9 Å². The molecule has 0 bridgehead atoms. The van der Waals surface area contributed by atoms with Crippen molar-refractivity contribution in [3.05, 3.63) is 35.8 Å². The number of hydrogen-bond donors (Lipinski definition) is 1. The first kappa shape index (κ1) is 20.5. The molecule has 11 heteroatoms. The highest BCUT2D eigenvalue weighted by Crippen LogP contribution is 2.28. The summed E-state index contributed by atoms with van der Waals surface area (Å²) in [6, 6.07) is 1.25. The molecule has 2 aromatic rings. The summed E-state index contributed by atoms with van der Waals surface area (Å²) in [7, 11) is 0. The van der Waals surface area contributed by atoms with E-state index in [0.29, 0.717) is 0 Å². The summed E-state index contributed by atoms with van der Waals surface area (Å²) >= 11 is 0. The first-order valence-corrected chi connectivity index (χ1v) is 7.77. The molecule has 0 fully saturated rings. The number of carbonyl (C=O) groups excluding carboxylic acids is 1. The summed E-state index contributed by atoms with van der Waals surface area (Å²) in [5, 5.41) is 2.33. The summed E-state index contributed by atoms with van der Waals surface area (Å²) < 4.78 is 56.8. The first-order chi connectivity index (χ1) is 12.5. The number of aromatic nitrogens is 4. The Morgan fingerprint density at radius 3 is 2.30 bits per heavy atom. The Bertz CT molecular complexity index is 804. The molecular formula is C16H17F4N5O2. The van der Waals surface area contributed by atoms with Crippen molar-refractivity contribution in [3.8, 4) is 11.3 Å². The molecule has 7 nitrogen and oxygen atoms in total. The minimum atomic E-state index is -4.80. The van der Waals surface area contributed by atoms with Gasteiger partial charge in [-0.1, -0.05) is 0 Å². The summed E-state index contributed by atoms with van der Waals surface area (Å²) in [4.78, 5) is 26.0. The zero-order valence-corrected chi connectivity index (χ0v) is 14.8. The molecule has 0 aromatic carbocycles. The molecule has 0 radical (unpaired) electrons. The minimum Gasteiger partial charge on any atom is -0.444 e. The number of halogens is 4. The van der Waals surface area contributed by atoms with Crippen LogP contribution in [0.5, 0.6) is 0 Å². The zero-order valence-electron chi connectivity index (χ0n) is 14.8. The fraction of sp³-hybridized carbons (Fsp3) is 0.438. The van der Waals surface area contributed by atoms with Crippen LogP contribution in [0.3, 0.4) is 0 Å². The van der Waals surface area contributed by atoms with Crippen molar-refractivity contribution < 1.29 is 27.1 Å². The second kappa shape index (κ2) is 7.80. The van der Waals surface area contributed by atoms with Crippen molar-refractivity contribution in [1.29, 1.82) is 0 Å². The van der Waals surface area contributed by atoms with Crippen LogP contribution < -0.4 is 5.32 Å². The van der Waals surface area contributed by atoms with Gasteiger partial charge >= 0.3 is 12.3 Å². The second-order valence-electron chi connectivity index (χ2n) is 6.44. The summed E-state index contributed by atoms with van der Waals surface area (Å²) in [6.07, 6.45) is -3.27. The van der Waals surface area contributed by atoms with Crippen LogP contribution in [0.25, 0.3) is 11.3 Å². The molecule has 0 aliphatic heterocycles. The monoisotopic (exact) mass is 387 g/mol. The lowest BCUT2D eigenvalue weighted by Gasteiger charge is -2.19. The number of rotatable bonds is 4. The molecule has 0 unspecified atom stereocenters. The summed E-state index contributed by atoms with van der Waals surface area (Å²) in [5.74, 6) is -1.48. The Balaban J connectivity index is 2.29. The van der Waals surface area contributed by atoms with Gasteiger partial charge in [0.15, 0.2) is 5.82 Å². The highest BCUT2D eigenvalue weighted by Gasteiger charge is 2.35. The third-order valence-electron chi connectivity index (χ3n) is 2.97. The largest absolute Gasteiger partial charge is 0.451 e. The van der Waals surface area contributed by atoms with E-state index in [1.807, 2.05) is 0 Å². The molecule has 146 valence electrons. The van der Waals surface area contributed by atoms with Crippen molar-refractivity contribution in [2.24, 2.45) is 0 Å². The van der Waals surface area contributed by atoms with Gasteiger partial charge in [0.25, 0.3) is 0 Å². The van der Waals surface area contributed by atoms with Gasteiger partial charge in [0.2, 0.25) is 5.82 Å². The molecular weight excluding hydrogens is 370 g/mol. The maximum Gasteiger partial charge on any atom is 0.451 e. The average molecular weight is 387 g/mol. The lowest BCUT2D eigenvalue weighted by molar-refractivity contribution is -0.145. The molecule has 1 N–H and O–H groups in total. The number of alkyl carbamates (subject to hydrolysis) is 1. The Morgan fingerprint density at radius 2 is 1.78 bits per heavy atom. The number of nitrogens with one attached hydrogen (secondary N) is 1. The van der Waals surface area contributed by atoms with E-state index in [4.69, 9.17) is 4.74 Å². The highest BCUT2D eigenvalue weighted by molar-refractivity contribution is 5.67. The number of amides is 1. The van der Waals surface area contributed by atoms with E-state index in [0.717, 1.165) is 12.4 Å². The maximum atomic E-state index is 13.1. The zero-order chi connectivity index (χ0) is 20.2. The minimum absolute atomic E-state index is 0.0900. The molecule has 0 saturated heterocycles. The molecule has 0 atom stereocenters. The predicted octanol–water partition coefficient (Wildman–Crippen LogP) is 3.45. The average Bonchev–Trinajstić information content (AvgIpc) is 2.57. The standard InChI is InChI=1S/C16H17F4N5O2/c1-15(2,3)27-14(26)23-8-10-4-11(25-13(24-10)16(18,19)20)9-6-21-12(5-17)22-7-9/h4,6-7H,5,8H2,1-3H3,(H,23,26). The van der Waals surface area contributed by atoms with Crippen LogP contribution in [0.15, 0.2) is 18.5 Å². The van der Waals surface area contributed by atoms with E-state index in [-0.39, 0.29) is 29.3 Å². The lowest BCUT2D eigenvalue weighted by atomic mass is 10.2. The van der Waals surface area contributed by atoms with Gasteiger partial charge in [-0.25, -0.2) is 29.1 Å². The van der Waals surface area contributed by atoms with Gasteiger partial charge in [-0.2, -0.15) is 13.2 Å². The molecule has 0 aliphatic rings. The summed E-state index contributed by atoms with van der Waals surface area (Å²) in [5.41, 5.74) is -0.803. The van der Waals surface area contributed by atoms with Crippen molar-refractivity contribution >= 4 is 6.09 Å². The van der Waals surface area contributed by atoms with E-state index >= 15 is 0 Å².